The number of allylic oxidation sites excluding steroid dienone is 7. The van der Waals surface area contributed by atoms with Crippen molar-refractivity contribution in [3.05, 3.63) is 48.6 Å². The molecule has 1 fully saturated rings. The molecule has 67 heavy (non-hydrogen) atoms. The molecule has 388 valence electrons. The van der Waals surface area contributed by atoms with Gasteiger partial charge in [-0.3, -0.25) is 23.4 Å². The molecule has 0 radical (unpaired) electrons. The van der Waals surface area contributed by atoms with E-state index in [2.05, 4.69) is 26.0 Å². The molecular weight excluding hydrogens is 910 g/mol. The number of phosphoric acid groups is 1. The van der Waals surface area contributed by atoms with Gasteiger partial charge in [-0.1, -0.05) is 152 Å². The summed E-state index contributed by atoms with van der Waals surface area (Å²) in [6.45, 7) is 2.82. The summed E-state index contributed by atoms with van der Waals surface area (Å²) < 4.78 is 33.6. The first-order chi connectivity index (χ1) is 32.0. The molecule has 0 aromatic carbocycles. The minimum atomic E-state index is -5.25. The zero-order chi connectivity index (χ0) is 49.9. The van der Waals surface area contributed by atoms with Crippen molar-refractivity contribution in [2.24, 2.45) is 5.73 Å². The number of rotatable bonds is 40. The van der Waals surface area contributed by atoms with Crippen molar-refractivity contribution in [3.8, 4) is 0 Å². The molecule has 3 unspecified atom stereocenters. The van der Waals surface area contributed by atoms with Crippen LogP contribution in [0.4, 0.5) is 0 Å². The van der Waals surface area contributed by atoms with Gasteiger partial charge in [0.25, 0.3) is 0 Å². The van der Waals surface area contributed by atoms with E-state index in [1.54, 1.807) is 18.2 Å². The molecule has 0 aromatic rings. The highest BCUT2D eigenvalue weighted by atomic mass is 32.2. The number of ether oxygens (including phenoxy) is 2. The van der Waals surface area contributed by atoms with E-state index >= 15 is 0 Å². The summed E-state index contributed by atoms with van der Waals surface area (Å²) in [4.78, 5) is 47.6. The maximum atomic E-state index is 13.1. The van der Waals surface area contributed by atoms with E-state index in [1.165, 1.54) is 70.6 Å². The van der Waals surface area contributed by atoms with E-state index in [9.17, 15) is 54.5 Å². The fraction of sp³-hybridized carbons (Fsp3) is 0.771. The molecule has 0 bridgehead atoms. The topological polar surface area (TPSA) is 293 Å². The van der Waals surface area contributed by atoms with Gasteiger partial charge in [-0.05, 0) is 38.5 Å². The van der Waals surface area contributed by atoms with E-state index in [1.807, 2.05) is 18.2 Å². The van der Waals surface area contributed by atoms with E-state index in [4.69, 9.17) is 29.4 Å². The Hall–Kier alpha value is -2.45. The van der Waals surface area contributed by atoms with Gasteiger partial charge in [-0.25, -0.2) is 4.57 Å². The number of carboxylic acids is 1. The Morgan fingerprint density at radius 1 is 0.687 bits per heavy atom. The van der Waals surface area contributed by atoms with Crippen LogP contribution in [0.15, 0.2) is 48.6 Å². The molecular formula is C48H84NO16PS. The Bertz CT molecular complexity index is 1480. The van der Waals surface area contributed by atoms with Crippen LogP contribution in [0.1, 0.15) is 155 Å². The Morgan fingerprint density at radius 3 is 1.84 bits per heavy atom. The zero-order valence-electron chi connectivity index (χ0n) is 39.8. The van der Waals surface area contributed by atoms with Gasteiger partial charge < -0.3 is 55.8 Å². The molecule has 0 amide bonds. The maximum Gasteiger partial charge on any atom is 0.472 e. The van der Waals surface area contributed by atoms with Crippen LogP contribution in [-0.4, -0.2) is 138 Å². The van der Waals surface area contributed by atoms with Gasteiger partial charge >= 0.3 is 25.7 Å². The smallest absolute Gasteiger partial charge is 0.472 e. The second-order valence-corrected chi connectivity index (χ2v) is 19.8. The van der Waals surface area contributed by atoms with Crippen molar-refractivity contribution in [2.45, 2.75) is 215 Å². The lowest BCUT2D eigenvalue weighted by Crippen LogP contribution is -2.64. The number of nitrogens with two attached hydrogens (primary N) is 1. The molecule has 1 saturated carbocycles. The molecule has 10 N–H and O–H groups in total. The highest BCUT2D eigenvalue weighted by molar-refractivity contribution is 8.00. The average Bonchev–Trinajstić information content (AvgIpc) is 3.29. The van der Waals surface area contributed by atoms with Crippen molar-refractivity contribution in [1.29, 1.82) is 0 Å². The fourth-order valence-corrected chi connectivity index (χ4v) is 9.18. The van der Waals surface area contributed by atoms with E-state index in [-0.39, 0.29) is 31.4 Å². The van der Waals surface area contributed by atoms with E-state index in [0.29, 0.717) is 6.42 Å². The highest BCUT2D eigenvalue weighted by Gasteiger charge is 2.51. The average molecular weight is 994 g/mol. The third kappa shape index (κ3) is 30.0. The van der Waals surface area contributed by atoms with Gasteiger partial charge in [-0.15, -0.1) is 11.8 Å². The van der Waals surface area contributed by atoms with E-state index in [0.717, 1.165) is 50.3 Å². The quantitative estimate of drug-likeness (QED) is 0.0104. The molecule has 1 aliphatic carbocycles. The maximum absolute atomic E-state index is 13.1. The fourth-order valence-electron chi connectivity index (χ4n) is 7.08. The standard InChI is InChI=1S/C48H84NO16PS/c1-3-5-7-9-11-13-15-17-19-21-23-25-27-32-41(53)64-36(34-63-66(60,61)65-47-45(57)43(55)42(54)44(56)46(47)58)33-62-48(59)37(49)35-67-39(38(50)29-28-31-40(51)52)30-26-24-22-20-18-16-14-12-10-8-6-4-2/h12,14,18,20,22,24,26,30,36-39,42-47,50,54-58H,3-11,13,15-17,19,21,23,25,27-29,31-35,49H2,1-2H3,(H,51,52)(H,60,61)/b14-12-,20-18-,24-22+,30-26+/t36-,37+,38+,39-,42?,43-,44+,45-,46-,47?/m1/s1. The minimum absolute atomic E-state index is 0.00405. The first-order valence-corrected chi connectivity index (χ1v) is 26.9. The summed E-state index contributed by atoms with van der Waals surface area (Å²) in [6, 6.07) is -1.25. The first kappa shape index (κ1) is 62.6. The lowest BCUT2D eigenvalue weighted by atomic mass is 9.85. The summed E-state index contributed by atoms with van der Waals surface area (Å²) in [5, 5.41) is 69.8. The van der Waals surface area contributed by atoms with Gasteiger partial charge in [0.2, 0.25) is 0 Å². The molecule has 17 nitrogen and oxygen atoms in total. The van der Waals surface area contributed by atoms with Crippen LogP contribution in [-0.2, 0) is 37.5 Å². The monoisotopic (exact) mass is 994 g/mol. The van der Waals surface area contributed by atoms with Crippen LogP contribution in [0, 0.1) is 0 Å². The van der Waals surface area contributed by atoms with Crippen molar-refractivity contribution >= 4 is 37.5 Å². The normalized spacial score (nSPS) is 22.9. The SMILES string of the molecule is CCCCC/C=C\C\C=C/C=C/C=C/[C@@H](SC[C@H](N)C(=O)OC[C@H](COP(=O)(O)OC1[C@H](O)[C@H](O)C(O)[C@H](O)[C@H]1O)OC(=O)CCCCCCCCCCCCCCC)[C@@H](O)CCCC(=O)O. The second-order valence-electron chi connectivity index (χ2n) is 17.2. The Morgan fingerprint density at radius 2 is 1.24 bits per heavy atom. The van der Waals surface area contributed by atoms with Gasteiger partial charge in [0.05, 0.1) is 12.7 Å². The number of esters is 2. The number of hydrogen-bond donors (Lipinski definition) is 9. The lowest BCUT2D eigenvalue weighted by molar-refractivity contribution is -0.220. The number of aliphatic carboxylic acids is 1. The molecule has 0 aromatic heterocycles. The number of carbonyl (C=O) groups is 3. The van der Waals surface area contributed by atoms with Crippen LogP contribution in [0.2, 0.25) is 0 Å². The van der Waals surface area contributed by atoms with Gasteiger partial charge in [0, 0.05) is 23.8 Å². The Balaban J connectivity index is 2.88. The van der Waals surface area contributed by atoms with Crippen LogP contribution >= 0.6 is 19.6 Å². The summed E-state index contributed by atoms with van der Waals surface area (Å²) in [5.41, 5.74) is 6.17. The highest BCUT2D eigenvalue weighted by Crippen LogP contribution is 2.47. The number of carboxylic acid groups (broad SMARTS) is 1. The van der Waals surface area contributed by atoms with Crippen LogP contribution < -0.4 is 5.73 Å². The Labute approximate surface area is 402 Å². The largest absolute Gasteiger partial charge is 0.481 e. The summed E-state index contributed by atoms with van der Waals surface area (Å²) in [6.07, 6.45) is 20.5. The first-order valence-electron chi connectivity index (χ1n) is 24.4. The molecule has 1 aliphatic rings. The number of unbranched alkanes of at least 4 members (excludes halogenated alkanes) is 15. The van der Waals surface area contributed by atoms with Gasteiger partial charge in [-0.2, -0.15) is 0 Å². The number of hydrogen-bond acceptors (Lipinski definition) is 16. The number of carbonyl (C=O) groups excluding carboxylic acids is 2. The Kier molecular flexibility index (Phi) is 35.8. The molecule has 0 spiro atoms. The zero-order valence-corrected chi connectivity index (χ0v) is 41.6. The summed E-state index contributed by atoms with van der Waals surface area (Å²) in [5.74, 6) is -2.68. The third-order valence-electron chi connectivity index (χ3n) is 11.2. The molecule has 0 saturated heterocycles. The predicted octanol–water partition coefficient (Wildman–Crippen LogP) is 6.48. The number of aliphatic hydroxyl groups is 6. The molecule has 0 aliphatic heterocycles. The van der Waals surface area contributed by atoms with Crippen LogP contribution in [0.5, 0.6) is 0 Å². The predicted molar refractivity (Wildman–Crippen MR) is 259 cm³/mol. The second kappa shape index (κ2) is 38.3. The van der Waals surface area contributed by atoms with Gasteiger partial charge in [0.1, 0.15) is 49.3 Å². The molecule has 0 heterocycles. The molecule has 19 heteroatoms. The number of aliphatic hydroxyl groups excluding tert-OH is 6. The van der Waals surface area contributed by atoms with Gasteiger partial charge in [0.15, 0.2) is 6.10 Å². The third-order valence-corrected chi connectivity index (χ3v) is 13.6. The van der Waals surface area contributed by atoms with Crippen molar-refractivity contribution in [1.82, 2.24) is 0 Å². The summed E-state index contributed by atoms with van der Waals surface area (Å²) >= 11 is 1.15. The number of phosphoric ester groups is 1. The van der Waals surface area contributed by atoms with Crippen molar-refractivity contribution in [2.75, 3.05) is 19.0 Å². The van der Waals surface area contributed by atoms with Crippen molar-refractivity contribution in [3.63, 3.8) is 0 Å². The molecule has 11 atom stereocenters. The lowest BCUT2D eigenvalue weighted by Gasteiger charge is -2.41. The van der Waals surface area contributed by atoms with Crippen LogP contribution in [0.3, 0.4) is 0 Å². The summed E-state index contributed by atoms with van der Waals surface area (Å²) in [7, 11) is -5.25. The molecule has 1 rings (SSSR count). The van der Waals surface area contributed by atoms with E-state index < -0.39 is 99.1 Å². The minimum Gasteiger partial charge on any atom is -0.481 e. The van der Waals surface area contributed by atoms with Crippen molar-refractivity contribution < 1.29 is 78.1 Å². The van der Waals surface area contributed by atoms with Crippen LogP contribution in [0.25, 0.3) is 0 Å². The number of thioether (sulfide) groups is 1.